The molecule has 0 saturated heterocycles. The summed E-state index contributed by atoms with van der Waals surface area (Å²) in [5, 5.41) is 0. The van der Waals surface area contributed by atoms with E-state index in [0.29, 0.717) is 19.8 Å². The third-order valence-electron chi connectivity index (χ3n) is 5.60. The summed E-state index contributed by atoms with van der Waals surface area (Å²) in [5.41, 5.74) is 15.5. The van der Waals surface area contributed by atoms with Gasteiger partial charge in [0.05, 0.1) is 0 Å². The van der Waals surface area contributed by atoms with E-state index in [1.165, 1.54) is 66.8 Å². The van der Waals surface area contributed by atoms with Gasteiger partial charge in [-0.1, -0.05) is 88.0 Å². The van der Waals surface area contributed by atoms with E-state index in [0.717, 1.165) is 0 Å². The maximum absolute atomic E-state index is 8.26. The number of hydrogen-bond acceptors (Lipinski definition) is 1. The molecule has 0 atom stereocenters. The summed E-state index contributed by atoms with van der Waals surface area (Å²) >= 11 is 0.700. The summed E-state index contributed by atoms with van der Waals surface area (Å²) < 4.78 is 8.26. The Kier molecular flexibility index (Phi) is 9.73. The van der Waals surface area contributed by atoms with E-state index >= 15 is 0 Å². The van der Waals surface area contributed by atoms with E-state index in [1.807, 2.05) is 0 Å². The van der Waals surface area contributed by atoms with Gasteiger partial charge in [-0.3, -0.25) is 0 Å². The van der Waals surface area contributed by atoms with E-state index in [4.69, 9.17) is 3.40 Å². The van der Waals surface area contributed by atoms with Crippen molar-refractivity contribution in [1.82, 2.24) is 0 Å². The normalized spacial score (nSPS) is 10.1. The maximum atomic E-state index is 8.26. The molecule has 0 aliphatic rings. The zero-order valence-electron chi connectivity index (χ0n) is 20.1. The van der Waals surface area contributed by atoms with Crippen LogP contribution in [-0.2, 0) is 40.0 Å². The number of aryl methyl sites for hydroxylation is 6. The van der Waals surface area contributed by atoms with Gasteiger partial charge < -0.3 is 0 Å². The zero-order valence-corrected chi connectivity index (χ0v) is 23.1. The first-order valence-electron chi connectivity index (χ1n) is 10.8. The second kappa shape index (κ2) is 11.8. The van der Waals surface area contributed by atoms with Crippen molar-refractivity contribution in [2.24, 2.45) is 0 Å². The van der Waals surface area contributed by atoms with Crippen LogP contribution < -0.4 is 0 Å². The van der Waals surface area contributed by atoms with Crippen molar-refractivity contribution in [1.29, 1.82) is 0 Å². The molecule has 1 radical (unpaired) electrons. The summed E-state index contributed by atoms with van der Waals surface area (Å²) in [7, 11) is 0. The van der Waals surface area contributed by atoms with Crippen LogP contribution in [0.4, 0.5) is 0 Å². The van der Waals surface area contributed by atoms with Gasteiger partial charge in [-0.15, -0.1) is 0 Å². The Morgan fingerprint density at radius 3 is 0.667 bits per heavy atom. The molecule has 1 nitrogen and oxygen atoms in total. The van der Waals surface area contributed by atoms with Gasteiger partial charge in [0.15, 0.2) is 0 Å². The monoisotopic (exact) mass is 563 g/mol. The van der Waals surface area contributed by atoms with E-state index in [1.54, 1.807) is 0 Å². The molecule has 171 valence electrons. The van der Waals surface area contributed by atoms with Crippen LogP contribution >= 0.6 is 0 Å². The Bertz CT molecular complexity index is 1050. The predicted octanol–water partition coefficient (Wildman–Crippen LogP) is 8.41. The summed E-state index contributed by atoms with van der Waals surface area (Å²) in [5.74, 6) is 0. The average molecular weight is 561 g/mol. The Morgan fingerprint density at radius 2 is 0.485 bits per heavy atom. The van der Waals surface area contributed by atoms with Gasteiger partial charge in [0.2, 0.25) is 0 Å². The van der Waals surface area contributed by atoms with Crippen LogP contribution in [0.1, 0.15) is 33.4 Å². The second-order valence-electron chi connectivity index (χ2n) is 8.93. The molecular formula is C30H30CoMoO. The Balaban J connectivity index is 0.00000125. The van der Waals surface area contributed by atoms with Crippen LogP contribution in [-0.4, -0.2) is 0 Å². The molecule has 4 rings (SSSR count). The van der Waals surface area contributed by atoms with Gasteiger partial charge in [-0.25, -0.2) is 0 Å². The first-order chi connectivity index (χ1) is 15.3. The Morgan fingerprint density at radius 1 is 0.333 bits per heavy atom. The minimum atomic E-state index is 0. The van der Waals surface area contributed by atoms with Crippen molar-refractivity contribution >= 4 is 0 Å². The molecule has 0 aliphatic heterocycles. The van der Waals surface area contributed by atoms with E-state index in [2.05, 4.69) is 114 Å². The van der Waals surface area contributed by atoms with Crippen LogP contribution in [0, 0.1) is 41.5 Å². The molecule has 0 saturated carbocycles. The van der Waals surface area contributed by atoms with Crippen molar-refractivity contribution in [3.8, 4) is 33.4 Å². The van der Waals surface area contributed by atoms with Crippen LogP contribution in [0.25, 0.3) is 33.4 Å². The van der Waals surface area contributed by atoms with Crippen molar-refractivity contribution in [3.05, 3.63) is 106 Å². The van der Waals surface area contributed by atoms with Gasteiger partial charge >= 0.3 is 23.2 Å². The van der Waals surface area contributed by atoms with E-state index in [9.17, 15) is 0 Å². The first-order valence-corrected chi connectivity index (χ1v) is 11.7. The Hall–Kier alpha value is -2.13. The SMILES string of the molecule is Cc1cc(C)cc(-c2cc(-c3cc(C)cc(C)c3)cc(-c3cc(C)cc(C)c3)c2)c1.[Co].[O]=[Mo]. The van der Waals surface area contributed by atoms with E-state index in [-0.39, 0.29) is 16.8 Å². The van der Waals surface area contributed by atoms with Crippen molar-refractivity contribution in [2.45, 2.75) is 41.5 Å². The third kappa shape index (κ3) is 6.93. The first kappa shape index (κ1) is 27.1. The van der Waals surface area contributed by atoms with E-state index < -0.39 is 0 Å². The molecule has 4 aromatic carbocycles. The molecular weight excluding hydrogens is 531 g/mol. The number of benzene rings is 4. The summed E-state index contributed by atoms with van der Waals surface area (Å²) in [4.78, 5) is 0. The fourth-order valence-electron chi connectivity index (χ4n) is 4.55. The van der Waals surface area contributed by atoms with Crippen LogP contribution in [0.2, 0.25) is 0 Å². The summed E-state index contributed by atoms with van der Waals surface area (Å²) in [6, 6.07) is 27.5. The molecule has 0 amide bonds. The topological polar surface area (TPSA) is 17.1 Å². The zero-order chi connectivity index (χ0) is 23.4. The van der Waals surface area contributed by atoms with Crippen LogP contribution in [0.5, 0.6) is 0 Å². The van der Waals surface area contributed by atoms with Gasteiger partial charge in [0, 0.05) is 16.8 Å². The molecule has 0 aromatic heterocycles. The van der Waals surface area contributed by atoms with Crippen LogP contribution in [0.15, 0.2) is 72.8 Å². The summed E-state index contributed by atoms with van der Waals surface area (Å²) in [6.45, 7) is 13.1. The quantitative estimate of drug-likeness (QED) is 0.230. The molecule has 0 heterocycles. The molecule has 0 aliphatic carbocycles. The van der Waals surface area contributed by atoms with Gasteiger partial charge in [-0.2, -0.15) is 0 Å². The van der Waals surface area contributed by atoms with Gasteiger partial charge in [-0.05, 0) is 93.1 Å². The van der Waals surface area contributed by atoms with Gasteiger partial charge in [0.25, 0.3) is 0 Å². The van der Waals surface area contributed by atoms with Crippen molar-refractivity contribution in [2.75, 3.05) is 0 Å². The fourth-order valence-corrected chi connectivity index (χ4v) is 4.55. The molecule has 4 aromatic rings. The van der Waals surface area contributed by atoms with Crippen LogP contribution in [0.3, 0.4) is 0 Å². The predicted molar refractivity (Wildman–Crippen MR) is 132 cm³/mol. The minimum absolute atomic E-state index is 0. The molecule has 0 spiro atoms. The molecule has 3 heteroatoms. The average Bonchev–Trinajstić information content (AvgIpc) is 2.73. The number of rotatable bonds is 3. The molecule has 0 N–H and O–H groups in total. The fraction of sp³-hybridized carbons (Fsp3) is 0.200. The standard InChI is InChI=1S/C30H30.Co.Mo.O/c1-19-7-20(2)11-25(10-19)28-16-29(26-12-21(3)8-22(4)13-26)18-30(17-28)27-14-23(5)9-24(6)15-27;;;/h7-18H,1-6H3;;;. The number of hydrogen-bond donors (Lipinski definition) is 0. The molecule has 0 bridgehead atoms. The third-order valence-corrected chi connectivity index (χ3v) is 5.60. The molecule has 0 unspecified atom stereocenters. The Labute approximate surface area is 220 Å². The second-order valence-corrected chi connectivity index (χ2v) is 8.93. The van der Waals surface area contributed by atoms with Crippen molar-refractivity contribution < 1.29 is 40.0 Å². The van der Waals surface area contributed by atoms with Crippen molar-refractivity contribution in [3.63, 3.8) is 0 Å². The molecule has 0 fully saturated rings. The van der Waals surface area contributed by atoms with Gasteiger partial charge in [0.1, 0.15) is 0 Å². The summed E-state index contributed by atoms with van der Waals surface area (Å²) in [6.07, 6.45) is 0. The molecule has 33 heavy (non-hydrogen) atoms.